The van der Waals surface area contributed by atoms with Crippen molar-refractivity contribution in [3.05, 3.63) is 29.3 Å². The van der Waals surface area contributed by atoms with Gasteiger partial charge in [-0.3, -0.25) is 9.59 Å². The second-order valence-electron chi connectivity index (χ2n) is 6.88. The van der Waals surface area contributed by atoms with Crippen LogP contribution in [0.25, 0.3) is 0 Å². The molecule has 1 heterocycles. The SMILES string of the molecule is Cc1cc(C)cc(N2CCC(C(=O)NCC(C)(C)N)C2=O)c1.Cl. The zero-order chi connectivity index (χ0) is 16.5. The third kappa shape index (κ3) is 4.94. The minimum Gasteiger partial charge on any atom is -0.354 e. The molecule has 0 bridgehead atoms. The lowest BCUT2D eigenvalue weighted by Gasteiger charge is -2.21. The molecule has 1 atom stereocenters. The molecule has 2 rings (SSSR count). The van der Waals surface area contributed by atoms with E-state index in [9.17, 15) is 9.59 Å². The van der Waals surface area contributed by atoms with Gasteiger partial charge in [0, 0.05) is 24.3 Å². The fraction of sp³-hybridized carbons (Fsp3) is 0.529. The second kappa shape index (κ2) is 7.32. The number of nitrogens with zero attached hydrogens (tertiary/aromatic N) is 1. The molecule has 128 valence electrons. The third-order valence-corrected chi connectivity index (χ3v) is 3.76. The monoisotopic (exact) mass is 339 g/mol. The Morgan fingerprint density at radius 1 is 1.30 bits per heavy atom. The molecule has 1 aromatic carbocycles. The van der Waals surface area contributed by atoms with E-state index >= 15 is 0 Å². The van der Waals surface area contributed by atoms with E-state index in [4.69, 9.17) is 5.73 Å². The van der Waals surface area contributed by atoms with Crippen LogP contribution in [0.3, 0.4) is 0 Å². The van der Waals surface area contributed by atoms with E-state index in [0.29, 0.717) is 19.5 Å². The molecule has 5 nitrogen and oxygen atoms in total. The highest BCUT2D eigenvalue weighted by Crippen LogP contribution is 2.27. The molecule has 1 unspecified atom stereocenters. The Kier molecular flexibility index (Phi) is 6.19. The number of amides is 2. The lowest BCUT2D eigenvalue weighted by molar-refractivity contribution is -0.132. The van der Waals surface area contributed by atoms with Gasteiger partial charge in [-0.1, -0.05) is 6.07 Å². The quantitative estimate of drug-likeness (QED) is 0.823. The highest BCUT2D eigenvalue weighted by Gasteiger charge is 2.37. The Hall–Kier alpha value is -1.59. The van der Waals surface area contributed by atoms with Crippen LogP contribution >= 0.6 is 12.4 Å². The molecule has 23 heavy (non-hydrogen) atoms. The van der Waals surface area contributed by atoms with Gasteiger partial charge in [0.15, 0.2) is 0 Å². The first-order valence-electron chi connectivity index (χ1n) is 7.64. The van der Waals surface area contributed by atoms with Gasteiger partial charge in [-0.25, -0.2) is 0 Å². The molecule has 1 aliphatic heterocycles. The summed E-state index contributed by atoms with van der Waals surface area (Å²) in [7, 11) is 0. The highest BCUT2D eigenvalue weighted by atomic mass is 35.5. The summed E-state index contributed by atoms with van der Waals surface area (Å²) in [6.07, 6.45) is 0.544. The normalized spacial score (nSPS) is 17.9. The van der Waals surface area contributed by atoms with Gasteiger partial charge in [-0.15, -0.1) is 12.4 Å². The highest BCUT2D eigenvalue weighted by molar-refractivity contribution is 6.09. The van der Waals surface area contributed by atoms with Crippen molar-refractivity contribution in [1.29, 1.82) is 0 Å². The number of nitrogens with two attached hydrogens (primary N) is 1. The Balaban J connectivity index is 0.00000264. The van der Waals surface area contributed by atoms with E-state index in [1.54, 1.807) is 4.90 Å². The minimum atomic E-state index is -0.608. The summed E-state index contributed by atoms with van der Waals surface area (Å²) in [5.74, 6) is -0.962. The van der Waals surface area contributed by atoms with Crippen molar-refractivity contribution in [1.82, 2.24) is 5.32 Å². The van der Waals surface area contributed by atoms with Crippen molar-refractivity contribution in [3.8, 4) is 0 Å². The zero-order valence-corrected chi connectivity index (χ0v) is 15.0. The molecule has 0 saturated carbocycles. The van der Waals surface area contributed by atoms with E-state index in [0.717, 1.165) is 16.8 Å². The lowest BCUT2D eigenvalue weighted by atomic mass is 10.0. The van der Waals surface area contributed by atoms with Gasteiger partial charge in [0.05, 0.1) is 0 Å². The number of benzene rings is 1. The van der Waals surface area contributed by atoms with Crippen LogP contribution in [-0.2, 0) is 9.59 Å². The second-order valence-corrected chi connectivity index (χ2v) is 6.88. The standard InChI is InChI=1S/C17H25N3O2.ClH/c1-11-7-12(2)9-13(8-11)20-6-5-14(16(20)22)15(21)19-10-17(3,4)18;/h7-9,14H,5-6,10,18H2,1-4H3,(H,19,21);1H. The Bertz CT molecular complexity index is 576. The van der Waals surface area contributed by atoms with Gasteiger partial charge in [-0.2, -0.15) is 0 Å². The van der Waals surface area contributed by atoms with Crippen LogP contribution in [0.4, 0.5) is 5.69 Å². The summed E-state index contributed by atoms with van der Waals surface area (Å²) < 4.78 is 0. The van der Waals surface area contributed by atoms with Crippen LogP contribution in [0.15, 0.2) is 18.2 Å². The molecule has 1 fully saturated rings. The van der Waals surface area contributed by atoms with E-state index in [1.807, 2.05) is 39.8 Å². The van der Waals surface area contributed by atoms with Crippen molar-refractivity contribution in [2.24, 2.45) is 11.7 Å². The van der Waals surface area contributed by atoms with E-state index in [2.05, 4.69) is 11.4 Å². The lowest BCUT2D eigenvalue weighted by Crippen LogP contribution is -2.47. The van der Waals surface area contributed by atoms with Crippen LogP contribution in [-0.4, -0.2) is 30.4 Å². The summed E-state index contributed by atoms with van der Waals surface area (Å²) in [4.78, 5) is 26.4. The number of halogens is 1. The number of hydrogen-bond donors (Lipinski definition) is 2. The molecule has 1 aliphatic rings. The van der Waals surface area contributed by atoms with Crippen molar-refractivity contribution in [2.45, 2.75) is 39.7 Å². The molecular weight excluding hydrogens is 314 g/mol. The zero-order valence-electron chi connectivity index (χ0n) is 14.2. The van der Waals surface area contributed by atoms with Crippen molar-refractivity contribution >= 4 is 29.9 Å². The average Bonchev–Trinajstić information content (AvgIpc) is 2.76. The predicted molar refractivity (Wildman–Crippen MR) is 94.9 cm³/mol. The maximum absolute atomic E-state index is 12.5. The van der Waals surface area contributed by atoms with Gasteiger partial charge < -0.3 is 16.0 Å². The molecule has 3 N–H and O–H groups in total. The van der Waals surface area contributed by atoms with Gasteiger partial charge >= 0.3 is 0 Å². The topological polar surface area (TPSA) is 75.4 Å². The maximum Gasteiger partial charge on any atom is 0.239 e. The van der Waals surface area contributed by atoms with E-state index < -0.39 is 11.5 Å². The van der Waals surface area contributed by atoms with Gasteiger partial charge in [-0.05, 0) is 57.4 Å². The van der Waals surface area contributed by atoms with Crippen LogP contribution in [0.1, 0.15) is 31.4 Å². The number of carbonyl (C=O) groups excluding carboxylic acids is 2. The first-order valence-corrected chi connectivity index (χ1v) is 7.64. The molecule has 6 heteroatoms. The molecule has 0 aromatic heterocycles. The summed E-state index contributed by atoms with van der Waals surface area (Å²) >= 11 is 0. The number of anilines is 1. The van der Waals surface area contributed by atoms with Gasteiger partial charge in [0.2, 0.25) is 11.8 Å². The molecule has 1 saturated heterocycles. The van der Waals surface area contributed by atoms with Gasteiger partial charge in [0.1, 0.15) is 5.92 Å². The van der Waals surface area contributed by atoms with Crippen LogP contribution in [0, 0.1) is 19.8 Å². The molecular formula is C17H26ClN3O2. The molecule has 0 radical (unpaired) electrons. The van der Waals surface area contributed by atoms with E-state index in [-0.39, 0.29) is 24.2 Å². The number of rotatable bonds is 4. The minimum absolute atomic E-state index is 0. The average molecular weight is 340 g/mol. The van der Waals surface area contributed by atoms with Crippen LogP contribution in [0.2, 0.25) is 0 Å². The van der Waals surface area contributed by atoms with Crippen LogP contribution < -0.4 is 16.0 Å². The smallest absolute Gasteiger partial charge is 0.239 e. The largest absolute Gasteiger partial charge is 0.354 e. The van der Waals surface area contributed by atoms with E-state index in [1.165, 1.54) is 0 Å². The van der Waals surface area contributed by atoms with Crippen molar-refractivity contribution in [2.75, 3.05) is 18.0 Å². The fourth-order valence-electron chi connectivity index (χ4n) is 2.72. The summed E-state index contributed by atoms with van der Waals surface area (Å²) in [6, 6.07) is 6.03. The summed E-state index contributed by atoms with van der Waals surface area (Å²) in [6.45, 7) is 8.62. The van der Waals surface area contributed by atoms with Crippen molar-refractivity contribution < 1.29 is 9.59 Å². The summed E-state index contributed by atoms with van der Waals surface area (Å²) in [5, 5.41) is 2.78. The Morgan fingerprint density at radius 2 is 1.87 bits per heavy atom. The van der Waals surface area contributed by atoms with Crippen molar-refractivity contribution in [3.63, 3.8) is 0 Å². The number of aryl methyl sites for hydroxylation is 2. The maximum atomic E-state index is 12.5. The number of nitrogens with one attached hydrogen (secondary N) is 1. The molecule has 2 amide bonds. The van der Waals surface area contributed by atoms with Gasteiger partial charge in [0.25, 0.3) is 0 Å². The molecule has 1 aromatic rings. The number of carbonyl (C=O) groups is 2. The number of hydrogen-bond acceptors (Lipinski definition) is 3. The Morgan fingerprint density at radius 3 is 2.39 bits per heavy atom. The molecule has 0 spiro atoms. The predicted octanol–water partition coefficient (Wildman–Crippen LogP) is 1.93. The Labute approximate surface area is 144 Å². The van der Waals surface area contributed by atoms with Crippen LogP contribution in [0.5, 0.6) is 0 Å². The first kappa shape index (κ1) is 19.5. The fourth-order valence-corrected chi connectivity index (χ4v) is 2.72. The third-order valence-electron chi connectivity index (χ3n) is 3.76. The first-order chi connectivity index (χ1) is 10.2. The summed E-state index contributed by atoms with van der Waals surface area (Å²) in [5.41, 5.74) is 8.47. The molecule has 0 aliphatic carbocycles.